The lowest BCUT2D eigenvalue weighted by molar-refractivity contribution is -0.141. The molecule has 0 unspecified atom stereocenters. The number of carbonyl (C=O) groups excluding carboxylic acids is 1. The molecule has 1 amide bonds. The summed E-state index contributed by atoms with van der Waals surface area (Å²) >= 11 is 0. The van der Waals surface area contributed by atoms with E-state index in [1.807, 2.05) is 26.0 Å². The molecule has 0 spiro atoms. The van der Waals surface area contributed by atoms with E-state index in [9.17, 15) is 14.7 Å². The number of aromatic nitrogens is 3. The molecule has 4 rings (SSSR count). The molecule has 3 atom stereocenters. The number of benzene rings is 1. The molecule has 7 nitrogen and oxygen atoms in total. The SMILES string of the molecule is Cc1nc(C)n(-c2ccc(C(=O)N3[C@@H]4CCCC[C@@H]4C[C@H]3C(=O)O)cc2)n1. The smallest absolute Gasteiger partial charge is 0.326 e. The van der Waals surface area contributed by atoms with E-state index < -0.39 is 12.0 Å². The van der Waals surface area contributed by atoms with Crippen molar-refractivity contribution in [1.82, 2.24) is 19.7 Å². The Morgan fingerprint density at radius 3 is 2.44 bits per heavy atom. The third-order valence-electron chi connectivity index (χ3n) is 5.84. The number of carbonyl (C=O) groups is 2. The first-order chi connectivity index (χ1) is 13.0. The molecule has 142 valence electrons. The Labute approximate surface area is 158 Å². The maximum atomic E-state index is 13.2. The summed E-state index contributed by atoms with van der Waals surface area (Å²) in [4.78, 5) is 30.8. The first-order valence-electron chi connectivity index (χ1n) is 9.52. The Bertz CT molecular complexity index is 874. The summed E-state index contributed by atoms with van der Waals surface area (Å²) in [5, 5.41) is 14.0. The summed E-state index contributed by atoms with van der Waals surface area (Å²) in [6, 6.07) is 6.50. The second kappa shape index (κ2) is 6.79. The van der Waals surface area contributed by atoms with Gasteiger partial charge in [-0.15, -0.1) is 0 Å². The number of aliphatic carboxylic acids is 1. The van der Waals surface area contributed by atoms with Crippen LogP contribution in [0.15, 0.2) is 24.3 Å². The maximum absolute atomic E-state index is 13.2. The molecule has 2 fully saturated rings. The molecule has 1 aliphatic heterocycles. The normalized spacial score (nSPS) is 24.7. The van der Waals surface area contributed by atoms with Gasteiger partial charge >= 0.3 is 5.97 Å². The molecule has 1 aromatic carbocycles. The van der Waals surface area contributed by atoms with Crippen LogP contribution >= 0.6 is 0 Å². The summed E-state index contributed by atoms with van der Waals surface area (Å²) in [5.41, 5.74) is 1.35. The van der Waals surface area contributed by atoms with Crippen LogP contribution in [0.1, 0.15) is 54.1 Å². The van der Waals surface area contributed by atoms with Crippen LogP contribution in [0.5, 0.6) is 0 Å². The molecule has 27 heavy (non-hydrogen) atoms. The van der Waals surface area contributed by atoms with Crippen LogP contribution in [0.4, 0.5) is 0 Å². The Morgan fingerprint density at radius 2 is 1.81 bits per heavy atom. The van der Waals surface area contributed by atoms with E-state index in [0.717, 1.165) is 37.2 Å². The number of nitrogens with zero attached hydrogens (tertiary/aromatic N) is 4. The standard InChI is InChI=1S/C20H24N4O3/c1-12-21-13(2)24(22-12)16-9-7-14(8-10-16)19(25)23-17-6-4-3-5-15(17)11-18(23)20(26)27/h7-10,15,17-18H,3-6,11H2,1-2H3,(H,26,27)/t15-,17-,18+/m1/s1. The van der Waals surface area contributed by atoms with Gasteiger partial charge in [0, 0.05) is 11.6 Å². The molecular formula is C20H24N4O3. The highest BCUT2D eigenvalue weighted by molar-refractivity contribution is 5.97. The van der Waals surface area contributed by atoms with Crippen LogP contribution in [0.2, 0.25) is 0 Å². The minimum atomic E-state index is -0.900. The highest BCUT2D eigenvalue weighted by Gasteiger charge is 2.47. The number of hydrogen-bond donors (Lipinski definition) is 1. The molecule has 1 aliphatic carbocycles. The van der Waals surface area contributed by atoms with E-state index in [0.29, 0.717) is 23.7 Å². The monoisotopic (exact) mass is 368 g/mol. The van der Waals surface area contributed by atoms with Gasteiger partial charge in [-0.2, -0.15) is 5.10 Å². The molecular weight excluding hydrogens is 344 g/mol. The summed E-state index contributed by atoms with van der Waals surface area (Å²) in [6.07, 6.45) is 4.67. The Hall–Kier alpha value is -2.70. The van der Waals surface area contributed by atoms with Crippen molar-refractivity contribution in [3.8, 4) is 5.69 Å². The van der Waals surface area contributed by atoms with Gasteiger partial charge in [0.15, 0.2) is 0 Å². The second-order valence-corrected chi connectivity index (χ2v) is 7.58. The minimum absolute atomic E-state index is 0.0484. The van der Waals surface area contributed by atoms with E-state index >= 15 is 0 Å². The number of hydrogen-bond acceptors (Lipinski definition) is 4. The van der Waals surface area contributed by atoms with Crippen LogP contribution in [0.3, 0.4) is 0 Å². The first kappa shape index (κ1) is 17.7. The zero-order valence-electron chi connectivity index (χ0n) is 15.6. The molecule has 0 radical (unpaired) electrons. The van der Waals surface area contributed by atoms with E-state index in [4.69, 9.17) is 0 Å². The number of carboxylic acids is 1. The number of carboxylic acid groups (broad SMARTS) is 1. The molecule has 1 saturated heterocycles. The highest BCUT2D eigenvalue weighted by atomic mass is 16.4. The largest absolute Gasteiger partial charge is 0.480 e. The maximum Gasteiger partial charge on any atom is 0.326 e. The van der Waals surface area contributed by atoms with Gasteiger partial charge in [0.2, 0.25) is 0 Å². The van der Waals surface area contributed by atoms with Crippen LogP contribution in [-0.4, -0.2) is 48.7 Å². The predicted molar refractivity (Wildman–Crippen MR) is 98.8 cm³/mol. The minimum Gasteiger partial charge on any atom is -0.480 e. The fraction of sp³-hybridized carbons (Fsp3) is 0.500. The number of aryl methyl sites for hydroxylation is 2. The summed E-state index contributed by atoms with van der Waals surface area (Å²) in [6.45, 7) is 3.71. The molecule has 2 aliphatic rings. The molecule has 7 heteroatoms. The van der Waals surface area contributed by atoms with Gasteiger partial charge < -0.3 is 10.0 Å². The number of likely N-dealkylation sites (tertiary alicyclic amines) is 1. The topological polar surface area (TPSA) is 88.3 Å². The second-order valence-electron chi connectivity index (χ2n) is 7.58. The van der Waals surface area contributed by atoms with E-state index in [-0.39, 0.29) is 11.9 Å². The van der Waals surface area contributed by atoms with Crippen LogP contribution in [0, 0.1) is 19.8 Å². The summed E-state index contributed by atoms with van der Waals surface area (Å²) in [5.74, 6) is 0.696. The van der Waals surface area contributed by atoms with Crippen molar-refractivity contribution in [2.75, 3.05) is 0 Å². The average Bonchev–Trinajstić information content (AvgIpc) is 3.21. The molecule has 1 saturated carbocycles. The van der Waals surface area contributed by atoms with Crippen molar-refractivity contribution in [1.29, 1.82) is 0 Å². The molecule has 1 aromatic heterocycles. The number of rotatable bonds is 3. The molecule has 2 aromatic rings. The Morgan fingerprint density at radius 1 is 1.11 bits per heavy atom. The van der Waals surface area contributed by atoms with Crippen molar-refractivity contribution in [3.63, 3.8) is 0 Å². The van der Waals surface area contributed by atoms with Gasteiger partial charge in [0.25, 0.3) is 5.91 Å². The van der Waals surface area contributed by atoms with Crippen molar-refractivity contribution in [3.05, 3.63) is 41.5 Å². The molecule has 2 heterocycles. The Balaban J connectivity index is 1.61. The van der Waals surface area contributed by atoms with Gasteiger partial charge in [-0.3, -0.25) is 4.79 Å². The third-order valence-corrected chi connectivity index (χ3v) is 5.84. The quantitative estimate of drug-likeness (QED) is 0.900. The lowest BCUT2D eigenvalue weighted by Crippen LogP contribution is -2.46. The first-order valence-corrected chi connectivity index (χ1v) is 9.52. The Kier molecular flexibility index (Phi) is 4.45. The van der Waals surface area contributed by atoms with Crippen molar-refractivity contribution in [2.24, 2.45) is 5.92 Å². The van der Waals surface area contributed by atoms with Gasteiger partial charge in [0.05, 0.1) is 5.69 Å². The van der Waals surface area contributed by atoms with E-state index in [1.54, 1.807) is 21.7 Å². The average molecular weight is 368 g/mol. The molecule has 1 N–H and O–H groups in total. The lowest BCUT2D eigenvalue weighted by atomic mass is 9.84. The zero-order chi connectivity index (χ0) is 19.1. The van der Waals surface area contributed by atoms with Crippen LogP contribution in [0.25, 0.3) is 5.69 Å². The fourth-order valence-electron chi connectivity index (χ4n) is 4.63. The zero-order valence-corrected chi connectivity index (χ0v) is 15.6. The lowest BCUT2D eigenvalue weighted by Gasteiger charge is -2.33. The number of amides is 1. The summed E-state index contributed by atoms with van der Waals surface area (Å²) in [7, 11) is 0. The van der Waals surface area contributed by atoms with Crippen LogP contribution in [-0.2, 0) is 4.79 Å². The molecule has 0 bridgehead atoms. The predicted octanol–water partition coefficient (Wildman–Crippen LogP) is 2.74. The van der Waals surface area contributed by atoms with E-state index in [1.165, 1.54) is 0 Å². The highest BCUT2D eigenvalue weighted by Crippen LogP contribution is 2.40. The van der Waals surface area contributed by atoms with Gasteiger partial charge in [-0.1, -0.05) is 12.8 Å². The fourth-order valence-corrected chi connectivity index (χ4v) is 4.63. The summed E-state index contributed by atoms with van der Waals surface area (Å²) < 4.78 is 1.73. The van der Waals surface area contributed by atoms with Crippen molar-refractivity contribution >= 4 is 11.9 Å². The van der Waals surface area contributed by atoms with Crippen molar-refractivity contribution < 1.29 is 14.7 Å². The van der Waals surface area contributed by atoms with E-state index in [2.05, 4.69) is 10.1 Å². The van der Waals surface area contributed by atoms with Gasteiger partial charge in [0.1, 0.15) is 17.7 Å². The van der Waals surface area contributed by atoms with Gasteiger partial charge in [-0.05, 0) is 63.3 Å². The third kappa shape index (κ3) is 3.11. The van der Waals surface area contributed by atoms with Crippen molar-refractivity contribution in [2.45, 2.75) is 58.0 Å². The van der Waals surface area contributed by atoms with Gasteiger partial charge in [-0.25, -0.2) is 14.5 Å². The van der Waals surface area contributed by atoms with Crippen LogP contribution < -0.4 is 0 Å². The number of fused-ring (bicyclic) bond motifs is 1.